The van der Waals surface area contributed by atoms with E-state index in [0.717, 1.165) is 29.8 Å². The van der Waals surface area contributed by atoms with Crippen molar-refractivity contribution in [1.29, 1.82) is 0 Å². The van der Waals surface area contributed by atoms with Crippen LogP contribution >= 0.6 is 0 Å². The maximum Gasteiger partial charge on any atom is 0.253 e. The van der Waals surface area contributed by atoms with E-state index in [2.05, 4.69) is 32.0 Å². The summed E-state index contributed by atoms with van der Waals surface area (Å²) in [5, 5.41) is 9.29. The first kappa shape index (κ1) is 21.6. The summed E-state index contributed by atoms with van der Waals surface area (Å²) in [5.74, 6) is 1.80. The highest BCUT2D eigenvalue weighted by Gasteiger charge is 2.18. The van der Waals surface area contributed by atoms with Crippen LogP contribution in [0, 0.1) is 6.92 Å². The number of ether oxygens (including phenoxy) is 1. The molecule has 1 heterocycles. The normalized spacial score (nSPS) is 13.0. The molecule has 0 saturated heterocycles. The van der Waals surface area contributed by atoms with Gasteiger partial charge < -0.3 is 20.7 Å². The van der Waals surface area contributed by atoms with Crippen molar-refractivity contribution in [2.45, 2.75) is 39.0 Å². The summed E-state index contributed by atoms with van der Waals surface area (Å²) in [7, 11) is 3.33. The number of aromatic nitrogens is 2. The van der Waals surface area contributed by atoms with Crippen molar-refractivity contribution in [3.05, 3.63) is 64.8 Å². The molecule has 7 nitrogen and oxygen atoms in total. The van der Waals surface area contributed by atoms with Gasteiger partial charge in [0.15, 0.2) is 0 Å². The Balaban J connectivity index is 1.63. The van der Waals surface area contributed by atoms with Gasteiger partial charge in [0.25, 0.3) is 5.91 Å². The number of fused-ring (bicyclic) bond motifs is 1. The summed E-state index contributed by atoms with van der Waals surface area (Å²) in [6.45, 7) is 1.93. The Hall–Kier alpha value is -3.61. The summed E-state index contributed by atoms with van der Waals surface area (Å²) < 4.78 is 5.80. The summed E-state index contributed by atoms with van der Waals surface area (Å²) in [4.78, 5) is 21.4. The molecule has 0 spiro atoms. The molecule has 3 aromatic rings. The predicted molar refractivity (Wildman–Crippen MR) is 127 cm³/mol. The van der Waals surface area contributed by atoms with Crippen LogP contribution in [0.4, 0.5) is 23.1 Å². The number of hydrogen-bond acceptors (Lipinski definition) is 6. The molecule has 1 aromatic heterocycles. The molecule has 0 saturated carbocycles. The average molecular weight is 432 g/mol. The van der Waals surface area contributed by atoms with Gasteiger partial charge >= 0.3 is 0 Å². The van der Waals surface area contributed by atoms with Crippen molar-refractivity contribution < 1.29 is 9.53 Å². The summed E-state index contributed by atoms with van der Waals surface area (Å²) in [6.07, 6.45) is 7.51. The molecule has 2 aromatic carbocycles. The smallest absolute Gasteiger partial charge is 0.253 e. The molecule has 1 amide bonds. The molecule has 1 aliphatic carbocycles. The Bertz CT molecular complexity index is 1130. The van der Waals surface area contributed by atoms with E-state index in [4.69, 9.17) is 4.74 Å². The number of nitrogens with one attached hydrogen (secondary N) is 3. The van der Waals surface area contributed by atoms with Crippen LogP contribution in [0.2, 0.25) is 0 Å². The lowest BCUT2D eigenvalue weighted by Crippen LogP contribution is -2.19. The van der Waals surface area contributed by atoms with Crippen LogP contribution in [0.5, 0.6) is 5.75 Å². The maximum atomic E-state index is 12.2. The number of para-hydroxylation sites is 1. The minimum Gasteiger partial charge on any atom is -0.494 e. The second kappa shape index (κ2) is 9.68. The van der Waals surface area contributed by atoms with E-state index in [-0.39, 0.29) is 5.91 Å². The highest BCUT2D eigenvalue weighted by Crippen LogP contribution is 2.36. The predicted octanol–water partition coefficient (Wildman–Crippen LogP) is 4.91. The summed E-state index contributed by atoms with van der Waals surface area (Å²) in [6, 6.07) is 11.6. The van der Waals surface area contributed by atoms with Gasteiger partial charge in [-0.3, -0.25) is 4.79 Å². The zero-order valence-electron chi connectivity index (χ0n) is 18.8. The molecule has 166 valence electrons. The van der Waals surface area contributed by atoms with E-state index >= 15 is 0 Å². The molecule has 1 aliphatic rings. The minimum atomic E-state index is -0.159. The van der Waals surface area contributed by atoms with Crippen molar-refractivity contribution in [3.8, 4) is 5.75 Å². The quantitative estimate of drug-likeness (QED) is 0.481. The van der Waals surface area contributed by atoms with Gasteiger partial charge in [-0.2, -0.15) is 4.98 Å². The summed E-state index contributed by atoms with van der Waals surface area (Å²) >= 11 is 0. The number of rotatable bonds is 6. The first-order valence-corrected chi connectivity index (χ1v) is 11.0. The lowest BCUT2D eigenvalue weighted by molar-refractivity contribution is 0.0964. The third kappa shape index (κ3) is 4.51. The molecule has 7 heteroatoms. The average Bonchev–Trinajstić information content (AvgIpc) is 3.06. The van der Waals surface area contributed by atoms with Gasteiger partial charge in [-0.1, -0.05) is 24.6 Å². The van der Waals surface area contributed by atoms with Crippen molar-refractivity contribution in [1.82, 2.24) is 15.3 Å². The molecule has 0 unspecified atom stereocenters. The molecule has 0 bridgehead atoms. The molecule has 4 rings (SSSR count). The largest absolute Gasteiger partial charge is 0.494 e. The van der Waals surface area contributed by atoms with Gasteiger partial charge in [-0.25, -0.2) is 4.98 Å². The van der Waals surface area contributed by atoms with E-state index in [1.807, 2.05) is 31.2 Å². The molecule has 0 fully saturated rings. The number of aryl methyl sites for hydroxylation is 2. The Kier molecular flexibility index (Phi) is 6.54. The number of benzene rings is 2. The van der Waals surface area contributed by atoms with Gasteiger partial charge in [-0.05, 0) is 61.9 Å². The lowest BCUT2D eigenvalue weighted by Gasteiger charge is -2.17. The van der Waals surface area contributed by atoms with Crippen molar-refractivity contribution in [2.24, 2.45) is 0 Å². The third-order valence-electron chi connectivity index (χ3n) is 5.80. The fourth-order valence-corrected chi connectivity index (χ4v) is 4.10. The first-order valence-electron chi connectivity index (χ1n) is 11.0. The molecule has 0 atom stereocenters. The Labute approximate surface area is 188 Å². The Morgan fingerprint density at radius 3 is 2.62 bits per heavy atom. The second-order valence-electron chi connectivity index (χ2n) is 7.94. The second-order valence-corrected chi connectivity index (χ2v) is 7.94. The maximum absolute atomic E-state index is 12.2. The Morgan fingerprint density at radius 2 is 1.81 bits per heavy atom. The van der Waals surface area contributed by atoms with Gasteiger partial charge in [0.1, 0.15) is 11.6 Å². The van der Waals surface area contributed by atoms with Crippen LogP contribution < -0.4 is 20.7 Å². The van der Waals surface area contributed by atoms with E-state index in [9.17, 15) is 4.79 Å². The van der Waals surface area contributed by atoms with Crippen LogP contribution in [0.25, 0.3) is 0 Å². The van der Waals surface area contributed by atoms with Gasteiger partial charge in [0.05, 0.1) is 24.0 Å². The molecular formula is C25H29N5O2. The van der Waals surface area contributed by atoms with Crippen LogP contribution in [-0.2, 0) is 12.8 Å². The highest BCUT2D eigenvalue weighted by atomic mass is 16.5. The van der Waals surface area contributed by atoms with Crippen molar-refractivity contribution in [2.75, 3.05) is 24.8 Å². The monoisotopic (exact) mass is 431 g/mol. The first-order chi connectivity index (χ1) is 15.6. The number of nitrogens with zero attached hydrogens (tertiary/aromatic N) is 2. The number of carbonyl (C=O) groups is 1. The highest BCUT2D eigenvalue weighted by molar-refractivity contribution is 6.00. The van der Waals surface area contributed by atoms with Crippen LogP contribution in [-0.4, -0.2) is 30.0 Å². The van der Waals surface area contributed by atoms with E-state index in [1.165, 1.54) is 30.4 Å². The Morgan fingerprint density at radius 1 is 1.00 bits per heavy atom. The molecule has 32 heavy (non-hydrogen) atoms. The van der Waals surface area contributed by atoms with Crippen molar-refractivity contribution >= 4 is 29.0 Å². The molecule has 0 radical (unpaired) electrons. The fraction of sp³-hybridized carbons (Fsp3) is 0.320. The SMILES string of the molecule is CNC(=O)c1ccccc1Nc1nc(Nc2ccc3c(c2OC)CCCCC3)ncc1C. The van der Waals surface area contributed by atoms with Gasteiger partial charge in [-0.15, -0.1) is 0 Å². The number of hydrogen-bond donors (Lipinski definition) is 3. The number of carbonyl (C=O) groups excluding carboxylic acids is 1. The van der Waals surface area contributed by atoms with E-state index in [1.54, 1.807) is 26.4 Å². The van der Waals surface area contributed by atoms with Crippen LogP contribution in [0.1, 0.15) is 46.3 Å². The van der Waals surface area contributed by atoms with Gasteiger partial charge in [0, 0.05) is 18.8 Å². The van der Waals surface area contributed by atoms with Gasteiger partial charge in [0.2, 0.25) is 5.95 Å². The molecule has 0 aliphatic heterocycles. The summed E-state index contributed by atoms with van der Waals surface area (Å²) in [5.41, 5.74) is 5.60. The molecular weight excluding hydrogens is 402 g/mol. The standard InChI is InChI=1S/C25H29N5O2/c1-16-15-27-25(30-23(16)28-20-12-8-7-11-19(20)24(31)26-2)29-21-14-13-17-9-5-4-6-10-18(17)22(21)32-3/h7-8,11-15H,4-6,9-10H2,1-3H3,(H,26,31)(H2,27,28,29,30). The fourth-order valence-electron chi connectivity index (χ4n) is 4.10. The van der Waals surface area contributed by atoms with E-state index in [0.29, 0.717) is 23.0 Å². The minimum absolute atomic E-state index is 0.159. The molecule has 3 N–H and O–H groups in total. The van der Waals surface area contributed by atoms with Crippen molar-refractivity contribution in [3.63, 3.8) is 0 Å². The number of methoxy groups -OCH3 is 1. The topological polar surface area (TPSA) is 88.2 Å². The van der Waals surface area contributed by atoms with Crippen LogP contribution in [0.3, 0.4) is 0 Å². The van der Waals surface area contributed by atoms with Crippen LogP contribution in [0.15, 0.2) is 42.6 Å². The zero-order chi connectivity index (χ0) is 22.5. The number of amides is 1. The number of anilines is 4. The zero-order valence-corrected chi connectivity index (χ0v) is 18.8. The van der Waals surface area contributed by atoms with E-state index < -0.39 is 0 Å². The lowest BCUT2D eigenvalue weighted by atomic mass is 10.0. The third-order valence-corrected chi connectivity index (χ3v) is 5.80.